The standard InChI is InChI=1S/C12H16N2O3S/c15-11(9-4-5-10(18-9)12(16)17)14-7-1-6-13-8-2-3-8/h4-5,8,13H,1-3,6-7H2,(H,14,15)(H,16,17). The van der Waals surface area contributed by atoms with Gasteiger partial charge in [-0.3, -0.25) is 4.79 Å². The van der Waals surface area contributed by atoms with Crippen molar-refractivity contribution in [1.29, 1.82) is 0 Å². The third kappa shape index (κ3) is 3.82. The first-order valence-corrected chi connectivity index (χ1v) is 6.83. The number of carbonyl (C=O) groups is 2. The molecular weight excluding hydrogens is 252 g/mol. The quantitative estimate of drug-likeness (QED) is 0.652. The van der Waals surface area contributed by atoms with Crippen molar-refractivity contribution < 1.29 is 14.7 Å². The highest BCUT2D eigenvalue weighted by Gasteiger charge is 2.19. The minimum atomic E-state index is -0.993. The van der Waals surface area contributed by atoms with Crippen LogP contribution in [0.15, 0.2) is 12.1 Å². The molecule has 1 saturated carbocycles. The number of carbonyl (C=O) groups excluding carboxylic acids is 1. The van der Waals surface area contributed by atoms with Gasteiger partial charge in [-0.25, -0.2) is 4.79 Å². The predicted octanol–water partition coefficient (Wildman–Crippen LogP) is 1.32. The van der Waals surface area contributed by atoms with Gasteiger partial charge in [0.2, 0.25) is 0 Å². The Morgan fingerprint density at radius 1 is 1.28 bits per heavy atom. The zero-order valence-corrected chi connectivity index (χ0v) is 10.8. The van der Waals surface area contributed by atoms with E-state index in [4.69, 9.17) is 5.11 Å². The summed E-state index contributed by atoms with van der Waals surface area (Å²) in [6.45, 7) is 1.52. The first-order valence-electron chi connectivity index (χ1n) is 6.01. The highest BCUT2D eigenvalue weighted by molar-refractivity contribution is 7.15. The van der Waals surface area contributed by atoms with Crippen LogP contribution in [0.1, 0.15) is 38.6 Å². The number of carboxylic acids is 1. The highest BCUT2D eigenvalue weighted by atomic mass is 32.1. The topological polar surface area (TPSA) is 78.4 Å². The van der Waals surface area contributed by atoms with Gasteiger partial charge in [0.05, 0.1) is 4.88 Å². The van der Waals surface area contributed by atoms with E-state index in [0.717, 1.165) is 24.3 Å². The van der Waals surface area contributed by atoms with Crippen LogP contribution in [0.5, 0.6) is 0 Å². The molecule has 0 aromatic carbocycles. The predicted molar refractivity (Wildman–Crippen MR) is 69.3 cm³/mol. The summed E-state index contributed by atoms with van der Waals surface area (Å²) >= 11 is 1.00. The number of carboxylic acid groups (broad SMARTS) is 1. The molecule has 5 nitrogen and oxygen atoms in total. The number of hydrogen-bond acceptors (Lipinski definition) is 4. The molecule has 98 valence electrons. The molecule has 1 aliphatic carbocycles. The number of thiophene rings is 1. The van der Waals surface area contributed by atoms with Crippen molar-refractivity contribution in [2.45, 2.75) is 25.3 Å². The van der Waals surface area contributed by atoms with E-state index in [0.29, 0.717) is 17.5 Å². The zero-order chi connectivity index (χ0) is 13.0. The van der Waals surface area contributed by atoms with Crippen LogP contribution in [0.4, 0.5) is 0 Å². The summed E-state index contributed by atoms with van der Waals surface area (Å²) in [6, 6.07) is 3.69. The van der Waals surface area contributed by atoms with E-state index in [1.54, 1.807) is 6.07 Å². The van der Waals surface area contributed by atoms with Gasteiger partial charge in [0.1, 0.15) is 4.88 Å². The molecule has 1 heterocycles. The second-order valence-corrected chi connectivity index (χ2v) is 5.39. The summed E-state index contributed by atoms with van der Waals surface area (Å²) in [4.78, 5) is 23.0. The summed E-state index contributed by atoms with van der Waals surface area (Å²) in [7, 11) is 0. The van der Waals surface area contributed by atoms with Crippen molar-refractivity contribution in [3.05, 3.63) is 21.9 Å². The summed E-state index contributed by atoms with van der Waals surface area (Å²) in [5, 5.41) is 14.9. The SMILES string of the molecule is O=C(O)c1ccc(C(=O)NCCCNC2CC2)s1. The van der Waals surface area contributed by atoms with Gasteiger partial charge in [-0.15, -0.1) is 11.3 Å². The van der Waals surface area contributed by atoms with Crippen LogP contribution in [-0.4, -0.2) is 36.1 Å². The van der Waals surface area contributed by atoms with Gasteiger partial charge in [0.25, 0.3) is 5.91 Å². The molecule has 6 heteroatoms. The number of hydrogen-bond donors (Lipinski definition) is 3. The Morgan fingerprint density at radius 3 is 2.61 bits per heavy atom. The largest absolute Gasteiger partial charge is 0.477 e. The lowest BCUT2D eigenvalue weighted by Crippen LogP contribution is -2.27. The van der Waals surface area contributed by atoms with Gasteiger partial charge in [0, 0.05) is 12.6 Å². The van der Waals surface area contributed by atoms with Crippen LogP contribution in [-0.2, 0) is 0 Å². The van der Waals surface area contributed by atoms with E-state index < -0.39 is 5.97 Å². The monoisotopic (exact) mass is 268 g/mol. The maximum Gasteiger partial charge on any atom is 0.345 e. The fraction of sp³-hybridized carbons (Fsp3) is 0.500. The molecule has 1 fully saturated rings. The van der Waals surface area contributed by atoms with E-state index in [9.17, 15) is 9.59 Å². The molecule has 1 amide bonds. The highest BCUT2D eigenvalue weighted by Crippen LogP contribution is 2.18. The van der Waals surface area contributed by atoms with Crippen molar-refractivity contribution in [2.75, 3.05) is 13.1 Å². The Balaban J connectivity index is 1.67. The van der Waals surface area contributed by atoms with Gasteiger partial charge in [-0.05, 0) is 37.9 Å². The Kier molecular flexibility index (Phi) is 4.33. The second-order valence-electron chi connectivity index (χ2n) is 4.31. The summed E-state index contributed by atoms with van der Waals surface area (Å²) in [5.41, 5.74) is 0. The van der Waals surface area contributed by atoms with Crippen molar-refractivity contribution in [2.24, 2.45) is 0 Å². The van der Waals surface area contributed by atoms with Crippen molar-refractivity contribution >= 4 is 23.2 Å². The van der Waals surface area contributed by atoms with Crippen molar-refractivity contribution in [3.8, 4) is 0 Å². The normalized spacial score (nSPS) is 14.4. The second kappa shape index (κ2) is 5.97. The average Bonchev–Trinajstić information content (AvgIpc) is 3.02. The lowest BCUT2D eigenvalue weighted by atomic mass is 10.3. The molecule has 0 aliphatic heterocycles. The van der Waals surface area contributed by atoms with Gasteiger partial charge < -0.3 is 15.7 Å². The van der Waals surface area contributed by atoms with E-state index in [1.807, 2.05) is 0 Å². The molecular formula is C12H16N2O3S. The third-order valence-corrected chi connectivity index (χ3v) is 3.76. The minimum Gasteiger partial charge on any atom is -0.477 e. The van der Waals surface area contributed by atoms with Crippen LogP contribution in [0, 0.1) is 0 Å². The maximum atomic E-state index is 11.7. The molecule has 3 N–H and O–H groups in total. The average molecular weight is 268 g/mol. The molecule has 1 aliphatic rings. The molecule has 0 spiro atoms. The third-order valence-electron chi connectivity index (χ3n) is 2.69. The van der Waals surface area contributed by atoms with Crippen LogP contribution in [0.25, 0.3) is 0 Å². The van der Waals surface area contributed by atoms with E-state index in [2.05, 4.69) is 10.6 Å². The zero-order valence-electron chi connectivity index (χ0n) is 9.94. The van der Waals surface area contributed by atoms with Gasteiger partial charge in [0.15, 0.2) is 0 Å². The summed E-state index contributed by atoms with van der Waals surface area (Å²) in [5.74, 6) is -1.19. The summed E-state index contributed by atoms with van der Waals surface area (Å²) in [6.07, 6.45) is 3.42. The van der Waals surface area contributed by atoms with Gasteiger partial charge in [-0.1, -0.05) is 0 Å². The van der Waals surface area contributed by atoms with Crippen molar-refractivity contribution in [3.63, 3.8) is 0 Å². The van der Waals surface area contributed by atoms with E-state index in [1.165, 1.54) is 18.9 Å². The van der Waals surface area contributed by atoms with E-state index >= 15 is 0 Å². The number of nitrogens with one attached hydrogen (secondary N) is 2. The fourth-order valence-corrected chi connectivity index (χ4v) is 2.31. The molecule has 0 radical (unpaired) electrons. The first-order chi connectivity index (χ1) is 8.66. The molecule has 1 aromatic heterocycles. The summed E-state index contributed by atoms with van der Waals surface area (Å²) < 4.78 is 0. The number of amides is 1. The molecule has 2 rings (SSSR count). The molecule has 1 aromatic rings. The Bertz CT molecular complexity index is 440. The first kappa shape index (κ1) is 13.0. The molecule has 0 bridgehead atoms. The lowest BCUT2D eigenvalue weighted by Gasteiger charge is -2.04. The van der Waals surface area contributed by atoms with E-state index in [-0.39, 0.29) is 10.8 Å². The molecule has 0 saturated heterocycles. The smallest absolute Gasteiger partial charge is 0.345 e. The Labute approximate surface area is 109 Å². The van der Waals surface area contributed by atoms with Crippen molar-refractivity contribution in [1.82, 2.24) is 10.6 Å². The molecule has 18 heavy (non-hydrogen) atoms. The van der Waals surface area contributed by atoms with Gasteiger partial charge >= 0.3 is 5.97 Å². The van der Waals surface area contributed by atoms with Crippen LogP contribution < -0.4 is 10.6 Å². The number of aromatic carboxylic acids is 1. The fourth-order valence-electron chi connectivity index (χ4n) is 1.55. The maximum absolute atomic E-state index is 11.7. The Hall–Kier alpha value is -1.40. The molecule has 0 atom stereocenters. The van der Waals surface area contributed by atoms with Crippen LogP contribution >= 0.6 is 11.3 Å². The van der Waals surface area contributed by atoms with Crippen LogP contribution in [0.3, 0.4) is 0 Å². The van der Waals surface area contributed by atoms with Crippen LogP contribution in [0.2, 0.25) is 0 Å². The minimum absolute atomic E-state index is 0.190. The lowest BCUT2D eigenvalue weighted by molar-refractivity contribution is 0.0702. The number of rotatable bonds is 7. The molecule has 0 unspecified atom stereocenters. The Morgan fingerprint density at radius 2 is 2.00 bits per heavy atom. The van der Waals surface area contributed by atoms with Gasteiger partial charge in [-0.2, -0.15) is 0 Å².